The van der Waals surface area contributed by atoms with Crippen molar-refractivity contribution in [2.24, 2.45) is 22.9 Å². The largest absolute Gasteiger partial charge is 0.459 e. The van der Waals surface area contributed by atoms with Crippen molar-refractivity contribution in [2.45, 2.75) is 82.8 Å². The Kier molecular flexibility index (Phi) is 15.4. The molecule has 16 nitrogen and oxygen atoms in total. The molecule has 68 heavy (non-hydrogen) atoms. The summed E-state index contributed by atoms with van der Waals surface area (Å²) in [5.41, 5.74) is 4.02. The molecule has 1 amide bonds. The van der Waals surface area contributed by atoms with E-state index < -0.39 is 28.8 Å². The Morgan fingerprint density at radius 1 is 0.941 bits per heavy atom. The summed E-state index contributed by atoms with van der Waals surface area (Å²) in [5, 5.41) is 36.3. The summed E-state index contributed by atoms with van der Waals surface area (Å²) in [5.74, 6) is -0.0251. The first-order valence-corrected chi connectivity index (χ1v) is 23.2. The lowest BCUT2D eigenvalue weighted by atomic mass is 9.55. The lowest BCUT2D eigenvalue weighted by Crippen LogP contribution is -2.70. The van der Waals surface area contributed by atoms with Gasteiger partial charge in [-0.15, -0.1) is 6.58 Å². The van der Waals surface area contributed by atoms with Gasteiger partial charge in [0.1, 0.15) is 36.2 Å². The molecule has 2 heterocycles. The Bertz CT molecular complexity index is 2510. The monoisotopic (exact) mass is 931 g/mol. The van der Waals surface area contributed by atoms with Crippen LogP contribution in [-0.4, -0.2) is 83.2 Å². The van der Waals surface area contributed by atoms with E-state index >= 15 is 0 Å². The number of ether oxygens (including phenoxy) is 6. The highest BCUT2D eigenvalue weighted by atomic mass is 16.7. The molecule has 0 spiro atoms. The maximum atomic E-state index is 14.6. The molecule has 16 heteroatoms. The third-order valence-electron chi connectivity index (χ3n) is 13.1. The van der Waals surface area contributed by atoms with Crippen molar-refractivity contribution in [3.63, 3.8) is 0 Å². The molecule has 0 bridgehead atoms. The Morgan fingerprint density at radius 3 is 2.44 bits per heavy atom. The van der Waals surface area contributed by atoms with Crippen molar-refractivity contribution in [3.05, 3.63) is 142 Å². The standard InChI is InChI=1S/C52H57N3O13/c1-3-24-65-52-48(54(51(59)62-4-2)30-35-16-20-46-47(26-35)64-33-63-46)29-44(53-66-32-34-14-17-38(18-15-34)55(60)61)42-27-37(11-5-7-22-56)41(13-6-8-23-57)49(50(42)52)43-28-40(19-21-45(43)68-52)67-39-12-9-10-36(25-39)31-58/h3,9-10,12,14-21,25-28,31,37,41,48-50,56-57H,1,4-8,11,13,22-24,29-30,32-33H2,2H3. The second-order valence-electron chi connectivity index (χ2n) is 17.3. The van der Waals surface area contributed by atoms with Crippen molar-refractivity contribution in [1.29, 1.82) is 0 Å². The fourth-order valence-electron chi connectivity index (χ4n) is 10.1. The van der Waals surface area contributed by atoms with Gasteiger partial charge in [-0.05, 0) is 116 Å². The maximum absolute atomic E-state index is 14.6. The molecule has 2 N–H and O–H groups in total. The molecule has 358 valence electrons. The van der Waals surface area contributed by atoms with Gasteiger partial charge in [-0.3, -0.25) is 19.8 Å². The Morgan fingerprint density at radius 2 is 1.69 bits per heavy atom. The number of aliphatic hydroxyl groups is 2. The lowest BCUT2D eigenvalue weighted by Gasteiger charge is -2.59. The molecule has 4 aromatic carbocycles. The summed E-state index contributed by atoms with van der Waals surface area (Å²) in [6.45, 7) is 6.11. The highest BCUT2D eigenvalue weighted by molar-refractivity contribution is 6.03. The van der Waals surface area contributed by atoms with E-state index in [1.807, 2.05) is 24.3 Å². The number of nitro groups is 1. The topological polar surface area (TPSA) is 198 Å². The first-order chi connectivity index (χ1) is 33.2. The molecule has 2 aliphatic heterocycles. The normalized spacial score (nSPS) is 22.5. The molecule has 4 aromatic rings. The van der Waals surface area contributed by atoms with Crippen molar-refractivity contribution in [1.82, 2.24) is 4.90 Å². The number of hydrogen-bond acceptors (Lipinski definition) is 14. The molecule has 0 radical (unpaired) electrons. The van der Waals surface area contributed by atoms with Gasteiger partial charge in [-0.1, -0.05) is 48.3 Å². The van der Waals surface area contributed by atoms with E-state index in [0.29, 0.717) is 64.8 Å². The van der Waals surface area contributed by atoms with Crippen molar-refractivity contribution < 1.29 is 58.0 Å². The number of aldehydes is 1. The quantitative estimate of drug-likeness (QED) is 0.0249. The van der Waals surface area contributed by atoms with Crippen LogP contribution in [0.25, 0.3) is 0 Å². The number of fused-ring (bicyclic) bond motifs is 3. The smallest absolute Gasteiger partial charge is 0.410 e. The third kappa shape index (κ3) is 10.2. The van der Waals surface area contributed by atoms with Gasteiger partial charge < -0.3 is 43.5 Å². The van der Waals surface area contributed by atoms with Crippen LogP contribution in [0.3, 0.4) is 0 Å². The SMILES string of the molecule is C=CCOC12Oc3ccc(Oc4cccc(C=O)c4)cc3C3C(CCCCO)C(CCCCO)C=C(C(=NOCc4ccc([N+](=O)[O-])cc4)CC1N(Cc1ccc4c(c1)OCO4)C(=O)OCC)C32. The van der Waals surface area contributed by atoms with Crippen LogP contribution in [0.4, 0.5) is 10.5 Å². The minimum Gasteiger partial charge on any atom is -0.459 e. The predicted molar refractivity (Wildman–Crippen MR) is 250 cm³/mol. The van der Waals surface area contributed by atoms with Crippen LogP contribution in [0, 0.1) is 27.9 Å². The van der Waals surface area contributed by atoms with Gasteiger partial charge in [0, 0.05) is 55.4 Å². The highest BCUT2D eigenvalue weighted by Crippen LogP contribution is 2.62. The number of nitro benzene ring substituents is 1. The number of amides is 1. The average Bonchev–Trinajstić information content (AvgIpc) is 3.82. The van der Waals surface area contributed by atoms with Gasteiger partial charge in [0.2, 0.25) is 12.6 Å². The van der Waals surface area contributed by atoms with Crippen LogP contribution in [0.2, 0.25) is 0 Å². The van der Waals surface area contributed by atoms with Gasteiger partial charge in [-0.2, -0.15) is 0 Å². The van der Waals surface area contributed by atoms with Crippen LogP contribution in [0.1, 0.15) is 84.8 Å². The van der Waals surface area contributed by atoms with Crippen LogP contribution in [-0.2, 0) is 27.5 Å². The third-order valence-corrected chi connectivity index (χ3v) is 13.1. The number of nitrogens with zero attached hydrogens (tertiary/aromatic N) is 3. The number of non-ortho nitro benzene ring substituents is 1. The highest BCUT2D eigenvalue weighted by Gasteiger charge is 2.65. The van der Waals surface area contributed by atoms with E-state index in [4.69, 9.17) is 38.4 Å². The molecule has 1 saturated carbocycles. The Balaban J connectivity index is 1.32. The number of aliphatic hydroxyl groups excluding tert-OH is 2. The zero-order chi connectivity index (χ0) is 47.6. The molecule has 1 fully saturated rings. The van der Waals surface area contributed by atoms with Gasteiger partial charge in [0.25, 0.3) is 5.69 Å². The average molecular weight is 932 g/mol. The molecule has 8 rings (SSSR count). The summed E-state index contributed by atoms with van der Waals surface area (Å²) < 4.78 is 38.1. The second kappa shape index (κ2) is 21.9. The zero-order valence-electron chi connectivity index (χ0n) is 38.0. The fourth-order valence-corrected chi connectivity index (χ4v) is 10.1. The summed E-state index contributed by atoms with van der Waals surface area (Å²) in [6.07, 6.45) is 8.25. The predicted octanol–water partition coefficient (Wildman–Crippen LogP) is 9.42. The minimum absolute atomic E-state index is 0.000516. The van der Waals surface area contributed by atoms with Crippen LogP contribution >= 0.6 is 0 Å². The first kappa shape index (κ1) is 47.7. The van der Waals surface area contributed by atoms with Crippen molar-refractivity contribution in [2.75, 3.05) is 33.2 Å². The number of oxime groups is 1. The summed E-state index contributed by atoms with van der Waals surface area (Å²) in [4.78, 5) is 45.1. The molecule has 6 unspecified atom stereocenters. The lowest BCUT2D eigenvalue weighted by molar-refractivity contribution is -0.384. The fraction of sp³-hybridized carbons (Fsp3) is 0.404. The van der Waals surface area contributed by atoms with E-state index in [0.717, 1.165) is 42.2 Å². The van der Waals surface area contributed by atoms with Crippen molar-refractivity contribution in [3.8, 4) is 28.7 Å². The molecular weight excluding hydrogens is 875 g/mol. The maximum Gasteiger partial charge on any atom is 0.410 e. The van der Waals surface area contributed by atoms with E-state index in [1.165, 1.54) is 12.1 Å². The second-order valence-corrected chi connectivity index (χ2v) is 17.3. The summed E-state index contributed by atoms with van der Waals surface area (Å²) >= 11 is 0. The van der Waals surface area contributed by atoms with Crippen molar-refractivity contribution >= 4 is 23.8 Å². The van der Waals surface area contributed by atoms with Crippen LogP contribution in [0.15, 0.2) is 114 Å². The molecular formula is C52H57N3O13. The molecule has 6 atom stereocenters. The molecule has 0 aromatic heterocycles. The Labute approximate surface area is 394 Å². The summed E-state index contributed by atoms with van der Waals surface area (Å²) in [7, 11) is 0. The Hall–Kier alpha value is -6.75. The zero-order valence-corrected chi connectivity index (χ0v) is 38.0. The van der Waals surface area contributed by atoms with Crippen LogP contribution in [0.5, 0.6) is 28.7 Å². The van der Waals surface area contributed by atoms with Gasteiger partial charge in [0.05, 0.1) is 29.8 Å². The number of unbranched alkanes of at least 4 members (excludes halogenated alkanes) is 2. The molecule has 0 saturated heterocycles. The van der Waals surface area contributed by atoms with E-state index in [2.05, 4.69) is 12.7 Å². The number of rotatable bonds is 22. The molecule has 2 aliphatic carbocycles. The van der Waals surface area contributed by atoms with Gasteiger partial charge >= 0.3 is 6.09 Å². The van der Waals surface area contributed by atoms with E-state index in [9.17, 15) is 29.9 Å². The van der Waals surface area contributed by atoms with Crippen LogP contribution < -0.4 is 18.9 Å². The number of benzene rings is 4. The number of hydrogen-bond donors (Lipinski definition) is 2. The number of carbonyl (C=O) groups is 2. The molecule has 4 aliphatic rings. The number of carbonyl (C=O) groups excluding carboxylic acids is 2. The van der Waals surface area contributed by atoms with E-state index in [1.54, 1.807) is 66.4 Å². The van der Waals surface area contributed by atoms with Gasteiger partial charge in [0.15, 0.2) is 11.5 Å². The number of allylic oxidation sites excluding steroid dienone is 1. The van der Waals surface area contributed by atoms with Gasteiger partial charge in [-0.25, -0.2) is 4.79 Å². The first-order valence-electron chi connectivity index (χ1n) is 23.2. The minimum atomic E-state index is -1.58. The summed E-state index contributed by atoms with van der Waals surface area (Å²) in [6, 6.07) is 23.2. The van der Waals surface area contributed by atoms with E-state index in [-0.39, 0.29) is 76.2 Å².